The number of rotatable bonds is 5. The summed E-state index contributed by atoms with van der Waals surface area (Å²) in [6.07, 6.45) is 1.84. The van der Waals surface area contributed by atoms with E-state index in [2.05, 4.69) is 26.2 Å². The summed E-state index contributed by atoms with van der Waals surface area (Å²) in [6.45, 7) is 4.64. The largest absolute Gasteiger partial charge is 0.497 e. The van der Waals surface area contributed by atoms with E-state index in [1.54, 1.807) is 14.2 Å². The predicted octanol–water partition coefficient (Wildman–Crippen LogP) is 4.09. The van der Waals surface area contributed by atoms with Crippen molar-refractivity contribution in [1.29, 1.82) is 0 Å². The molecule has 21 heavy (non-hydrogen) atoms. The Morgan fingerprint density at radius 1 is 1.19 bits per heavy atom. The minimum atomic E-state index is 0.619. The molecule has 2 aromatic rings. The first kappa shape index (κ1) is 15.6. The van der Waals surface area contributed by atoms with Crippen molar-refractivity contribution in [1.82, 2.24) is 4.98 Å². The van der Waals surface area contributed by atoms with Crippen LogP contribution in [-0.4, -0.2) is 19.2 Å². The van der Waals surface area contributed by atoms with Crippen LogP contribution in [0, 0.1) is 13.8 Å². The molecule has 0 saturated heterocycles. The van der Waals surface area contributed by atoms with Crippen molar-refractivity contribution in [2.75, 3.05) is 19.5 Å². The number of hydrogen-bond acceptors (Lipinski definition) is 4. The van der Waals surface area contributed by atoms with Gasteiger partial charge in [-0.1, -0.05) is 0 Å². The molecule has 0 spiro atoms. The molecule has 0 aliphatic carbocycles. The normalized spacial score (nSPS) is 10.3. The van der Waals surface area contributed by atoms with Crippen molar-refractivity contribution >= 4 is 21.6 Å². The number of methoxy groups -OCH3 is 2. The van der Waals surface area contributed by atoms with Crippen molar-refractivity contribution in [3.8, 4) is 11.5 Å². The highest BCUT2D eigenvalue weighted by Crippen LogP contribution is 2.29. The lowest BCUT2D eigenvalue weighted by Crippen LogP contribution is -2.06. The molecule has 0 aliphatic rings. The van der Waals surface area contributed by atoms with Crippen LogP contribution in [0.25, 0.3) is 0 Å². The average molecular weight is 351 g/mol. The minimum absolute atomic E-state index is 0.619. The summed E-state index contributed by atoms with van der Waals surface area (Å²) in [5.74, 6) is 1.71. The third kappa shape index (κ3) is 3.47. The number of nitrogens with one attached hydrogen (secondary N) is 1. The minimum Gasteiger partial charge on any atom is -0.497 e. The number of hydrogen-bond donors (Lipinski definition) is 1. The summed E-state index contributed by atoms with van der Waals surface area (Å²) in [6, 6.07) is 5.82. The first-order valence-corrected chi connectivity index (χ1v) is 7.42. The Hall–Kier alpha value is -1.75. The number of halogens is 1. The maximum absolute atomic E-state index is 5.43. The lowest BCUT2D eigenvalue weighted by atomic mass is 10.1. The highest BCUT2D eigenvalue weighted by Gasteiger charge is 2.10. The summed E-state index contributed by atoms with van der Waals surface area (Å²) < 4.78 is 11.7. The smallest absolute Gasteiger partial charge is 0.128 e. The number of anilines is 1. The summed E-state index contributed by atoms with van der Waals surface area (Å²) in [5.41, 5.74) is 4.03. The number of ether oxygens (including phenoxy) is 2. The van der Waals surface area contributed by atoms with Crippen molar-refractivity contribution in [2.45, 2.75) is 20.4 Å². The Bertz CT molecular complexity index is 644. The maximum Gasteiger partial charge on any atom is 0.128 e. The lowest BCUT2D eigenvalue weighted by Gasteiger charge is -2.14. The van der Waals surface area contributed by atoms with Crippen LogP contribution in [-0.2, 0) is 6.54 Å². The molecule has 0 unspecified atom stereocenters. The van der Waals surface area contributed by atoms with E-state index in [1.165, 1.54) is 0 Å². The number of nitrogens with zero attached hydrogens (tertiary/aromatic N) is 1. The van der Waals surface area contributed by atoms with Crippen LogP contribution >= 0.6 is 15.9 Å². The van der Waals surface area contributed by atoms with Crippen molar-refractivity contribution in [2.24, 2.45) is 0 Å². The first-order chi connectivity index (χ1) is 10.1. The SMILES string of the molecule is COc1ccc(Br)c(NCc2ncc(C)c(OC)c2C)c1. The second-order valence-corrected chi connectivity index (χ2v) is 5.60. The molecular formula is C16H19BrN2O2. The van der Waals surface area contributed by atoms with Crippen molar-refractivity contribution in [3.05, 3.63) is 45.7 Å². The van der Waals surface area contributed by atoms with Gasteiger partial charge in [-0.05, 0) is 41.9 Å². The Morgan fingerprint density at radius 2 is 1.95 bits per heavy atom. The maximum atomic E-state index is 5.43. The fraction of sp³-hybridized carbons (Fsp3) is 0.312. The van der Waals surface area contributed by atoms with Gasteiger partial charge in [0.25, 0.3) is 0 Å². The molecule has 0 fully saturated rings. The van der Waals surface area contributed by atoms with Crippen molar-refractivity contribution in [3.63, 3.8) is 0 Å². The van der Waals surface area contributed by atoms with E-state index in [0.29, 0.717) is 6.54 Å². The highest BCUT2D eigenvalue weighted by atomic mass is 79.9. The van der Waals surface area contributed by atoms with Gasteiger partial charge in [-0.2, -0.15) is 0 Å². The fourth-order valence-electron chi connectivity index (χ4n) is 2.20. The van der Waals surface area contributed by atoms with Crippen LogP contribution < -0.4 is 14.8 Å². The third-order valence-corrected chi connectivity index (χ3v) is 4.06. The molecule has 0 bridgehead atoms. The quantitative estimate of drug-likeness (QED) is 0.881. The summed E-state index contributed by atoms with van der Waals surface area (Å²) in [7, 11) is 3.34. The molecule has 0 aliphatic heterocycles. The number of benzene rings is 1. The third-order valence-electron chi connectivity index (χ3n) is 3.37. The molecule has 0 radical (unpaired) electrons. The van der Waals surface area contributed by atoms with Gasteiger partial charge in [-0.25, -0.2) is 0 Å². The van der Waals surface area contributed by atoms with Crippen LogP contribution in [0.4, 0.5) is 5.69 Å². The number of aromatic nitrogens is 1. The van der Waals surface area contributed by atoms with Gasteiger partial charge < -0.3 is 14.8 Å². The Kier molecular flexibility index (Phi) is 5.07. The molecule has 5 heteroatoms. The topological polar surface area (TPSA) is 43.4 Å². The predicted molar refractivity (Wildman–Crippen MR) is 88.3 cm³/mol. The zero-order chi connectivity index (χ0) is 15.4. The van der Waals surface area contributed by atoms with Gasteiger partial charge in [0.05, 0.1) is 32.1 Å². The zero-order valence-corrected chi connectivity index (χ0v) is 14.2. The monoisotopic (exact) mass is 350 g/mol. The average Bonchev–Trinajstić information content (AvgIpc) is 2.48. The molecule has 1 heterocycles. The highest BCUT2D eigenvalue weighted by molar-refractivity contribution is 9.10. The van der Waals surface area contributed by atoms with Gasteiger partial charge in [-0.15, -0.1) is 0 Å². The second kappa shape index (κ2) is 6.80. The molecule has 112 valence electrons. The van der Waals surface area contributed by atoms with Gasteiger partial charge in [0, 0.05) is 27.9 Å². The van der Waals surface area contributed by atoms with Gasteiger partial charge in [0.15, 0.2) is 0 Å². The Labute approximate surface area is 133 Å². The van der Waals surface area contributed by atoms with E-state index in [1.807, 2.05) is 38.2 Å². The van der Waals surface area contributed by atoms with Crippen LogP contribution in [0.2, 0.25) is 0 Å². The standard InChI is InChI=1S/C16H19BrN2O2/c1-10-8-18-15(11(2)16(10)21-4)9-19-14-7-12(20-3)5-6-13(14)17/h5-8,19H,9H2,1-4H3. The Morgan fingerprint density at radius 3 is 2.62 bits per heavy atom. The number of aryl methyl sites for hydroxylation is 1. The molecule has 2 rings (SSSR count). The Balaban J connectivity index is 2.21. The number of pyridine rings is 1. The fourth-order valence-corrected chi connectivity index (χ4v) is 2.58. The van der Waals surface area contributed by atoms with Gasteiger partial charge >= 0.3 is 0 Å². The molecule has 1 aromatic heterocycles. The van der Waals surface area contributed by atoms with Gasteiger partial charge in [-0.3, -0.25) is 4.98 Å². The van der Waals surface area contributed by atoms with Crippen LogP contribution in [0.15, 0.2) is 28.9 Å². The molecule has 4 nitrogen and oxygen atoms in total. The van der Waals surface area contributed by atoms with Gasteiger partial charge in [0.2, 0.25) is 0 Å². The summed E-state index contributed by atoms with van der Waals surface area (Å²) in [4.78, 5) is 4.48. The van der Waals surface area contributed by atoms with E-state index in [4.69, 9.17) is 9.47 Å². The van der Waals surface area contributed by atoms with E-state index < -0.39 is 0 Å². The molecule has 0 atom stereocenters. The first-order valence-electron chi connectivity index (χ1n) is 6.63. The van der Waals surface area contributed by atoms with Gasteiger partial charge in [0.1, 0.15) is 11.5 Å². The molecular weight excluding hydrogens is 332 g/mol. The molecule has 1 N–H and O–H groups in total. The molecule has 0 amide bonds. The zero-order valence-electron chi connectivity index (χ0n) is 12.7. The summed E-state index contributed by atoms with van der Waals surface area (Å²) >= 11 is 3.53. The molecule has 1 aromatic carbocycles. The van der Waals surface area contributed by atoms with Crippen molar-refractivity contribution < 1.29 is 9.47 Å². The van der Waals surface area contributed by atoms with Crippen LogP contribution in [0.3, 0.4) is 0 Å². The summed E-state index contributed by atoms with van der Waals surface area (Å²) in [5, 5.41) is 3.37. The van der Waals surface area contributed by atoms with E-state index in [9.17, 15) is 0 Å². The van der Waals surface area contributed by atoms with E-state index in [-0.39, 0.29) is 0 Å². The van der Waals surface area contributed by atoms with E-state index >= 15 is 0 Å². The lowest BCUT2D eigenvalue weighted by molar-refractivity contribution is 0.407. The van der Waals surface area contributed by atoms with Crippen LogP contribution in [0.1, 0.15) is 16.8 Å². The molecule has 0 saturated carbocycles. The van der Waals surface area contributed by atoms with Crippen LogP contribution in [0.5, 0.6) is 11.5 Å². The second-order valence-electron chi connectivity index (χ2n) is 4.75. The van der Waals surface area contributed by atoms with E-state index in [0.717, 1.165) is 38.5 Å².